The number of benzene rings is 5. The first kappa shape index (κ1) is 34.0. The summed E-state index contributed by atoms with van der Waals surface area (Å²) in [5, 5.41) is 17.7. The van der Waals surface area contributed by atoms with E-state index in [1.807, 2.05) is 30.3 Å². The van der Waals surface area contributed by atoms with Crippen molar-refractivity contribution in [3.63, 3.8) is 0 Å². The van der Waals surface area contributed by atoms with E-state index in [4.69, 9.17) is 23.2 Å². The molecule has 0 aliphatic carbocycles. The Bertz CT molecular complexity index is 2010. The van der Waals surface area contributed by atoms with Crippen LogP contribution in [0.4, 0.5) is 11.4 Å². The van der Waals surface area contributed by atoms with Gasteiger partial charge in [0.1, 0.15) is 10.9 Å². The number of hydrogen-bond acceptors (Lipinski definition) is 5. The molecule has 48 heavy (non-hydrogen) atoms. The van der Waals surface area contributed by atoms with Gasteiger partial charge in [0, 0.05) is 31.9 Å². The van der Waals surface area contributed by atoms with Crippen LogP contribution in [0.5, 0.6) is 0 Å². The molecule has 0 radical (unpaired) electrons. The molecule has 240 valence electrons. The Morgan fingerprint density at radius 2 is 1.33 bits per heavy atom. The van der Waals surface area contributed by atoms with Gasteiger partial charge in [-0.25, -0.2) is 4.79 Å². The van der Waals surface area contributed by atoms with Crippen molar-refractivity contribution < 1.29 is 24.3 Å². The van der Waals surface area contributed by atoms with Gasteiger partial charge in [0.15, 0.2) is 0 Å². The molecule has 5 rings (SSSR count). The van der Waals surface area contributed by atoms with Gasteiger partial charge in [0.25, 0.3) is 11.8 Å². The van der Waals surface area contributed by atoms with Gasteiger partial charge in [0.05, 0.1) is 5.56 Å². The Kier molecular flexibility index (Phi) is 11.3. The van der Waals surface area contributed by atoms with Crippen LogP contribution in [0.25, 0.3) is 6.08 Å². The van der Waals surface area contributed by atoms with Gasteiger partial charge in [-0.2, -0.15) is 0 Å². The van der Waals surface area contributed by atoms with Crippen molar-refractivity contribution in [3.8, 4) is 0 Å². The van der Waals surface area contributed by atoms with E-state index in [2.05, 4.69) is 16.0 Å². The standard InChI is InChI=1S/C37H27Cl2N3O5S/c38-27-18-17-25(31(39)21-27)20-32(42-34(43)24-11-5-2-6-12-24)35(44)40-29-15-8-16-30(22-29)48-33(23-9-3-1-4-10-23)36(45)41-28-14-7-13-26(19-28)37(46)47/h1-22,33H,(H,40,44)(H,41,45)(H,42,43)(H,46,47)/b32-20+. The normalized spacial score (nSPS) is 11.7. The number of hydrogen-bond donors (Lipinski definition) is 4. The van der Waals surface area contributed by atoms with Crippen LogP contribution in [0.1, 0.15) is 37.1 Å². The van der Waals surface area contributed by atoms with Gasteiger partial charge in [0.2, 0.25) is 5.91 Å². The van der Waals surface area contributed by atoms with Gasteiger partial charge < -0.3 is 21.1 Å². The molecule has 5 aromatic rings. The van der Waals surface area contributed by atoms with Crippen LogP contribution in [-0.2, 0) is 9.59 Å². The molecule has 4 N–H and O–H groups in total. The number of thioether (sulfide) groups is 1. The van der Waals surface area contributed by atoms with Crippen LogP contribution in [0, 0.1) is 0 Å². The average Bonchev–Trinajstić information content (AvgIpc) is 3.09. The predicted octanol–water partition coefficient (Wildman–Crippen LogP) is 8.57. The third-order valence-corrected chi connectivity index (χ3v) is 8.66. The molecule has 1 unspecified atom stereocenters. The Balaban J connectivity index is 1.39. The molecular formula is C37H27Cl2N3O5S. The zero-order valence-electron chi connectivity index (χ0n) is 25.0. The smallest absolute Gasteiger partial charge is 0.335 e. The molecule has 1 atom stereocenters. The first-order valence-electron chi connectivity index (χ1n) is 14.5. The molecule has 0 aromatic heterocycles. The number of carboxylic acids is 1. The number of halogens is 2. The number of anilines is 2. The fraction of sp³-hybridized carbons (Fsp3) is 0.0270. The Hall–Kier alpha value is -5.35. The van der Waals surface area contributed by atoms with E-state index < -0.39 is 23.0 Å². The maximum atomic E-state index is 13.6. The second-order valence-corrected chi connectivity index (χ2v) is 12.3. The highest BCUT2D eigenvalue weighted by Gasteiger charge is 2.23. The van der Waals surface area contributed by atoms with E-state index in [0.717, 1.165) is 5.56 Å². The van der Waals surface area contributed by atoms with Crippen molar-refractivity contribution in [2.45, 2.75) is 10.1 Å². The maximum Gasteiger partial charge on any atom is 0.335 e. The van der Waals surface area contributed by atoms with Crippen LogP contribution in [0.2, 0.25) is 10.0 Å². The molecule has 11 heteroatoms. The molecule has 0 fully saturated rings. The van der Waals surface area contributed by atoms with Gasteiger partial charge in [-0.15, -0.1) is 11.8 Å². The van der Waals surface area contributed by atoms with Crippen LogP contribution >= 0.6 is 35.0 Å². The monoisotopic (exact) mass is 695 g/mol. The highest BCUT2D eigenvalue weighted by atomic mass is 35.5. The lowest BCUT2D eigenvalue weighted by molar-refractivity contribution is -0.116. The molecule has 0 saturated heterocycles. The summed E-state index contributed by atoms with van der Waals surface area (Å²) < 4.78 is 0. The van der Waals surface area contributed by atoms with E-state index in [1.165, 1.54) is 36.0 Å². The molecule has 0 bridgehead atoms. The number of aromatic carboxylic acids is 1. The number of carboxylic acid groups (broad SMARTS) is 1. The summed E-state index contributed by atoms with van der Waals surface area (Å²) in [5.74, 6) is -2.56. The third-order valence-electron chi connectivity index (χ3n) is 6.85. The number of amides is 3. The fourth-order valence-electron chi connectivity index (χ4n) is 4.54. The van der Waals surface area contributed by atoms with E-state index in [1.54, 1.807) is 78.9 Å². The minimum absolute atomic E-state index is 0.0480. The topological polar surface area (TPSA) is 125 Å². The first-order valence-corrected chi connectivity index (χ1v) is 16.1. The van der Waals surface area contributed by atoms with Gasteiger partial charge in [-0.1, -0.05) is 89.9 Å². The summed E-state index contributed by atoms with van der Waals surface area (Å²) in [6.07, 6.45) is 1.46. The quantitative estimate of drug-likeness (QED) is 0.0811. The van der Waals surface area contributed by atoms with Crippen molar-refractivity contribution >= 4 is 76.1 Å². The van der Waals surface area contributed by atoms with Crippen molar-refractivity contribution in [1.29, 1.82) is 0 Å². The SMILES string of the molecule is O=C(Nc1cccc(SC(C(=O)Nc2cccc(C(=O)O)c2)c2ccccc2)c1)/C(=C\c1ccc(Cl)cc1Cl)NC(=O)c1ccccc1. The number of rotatable bonds is 11. The first-order chi connectivity index (χ1) is 23.2. The molecule has 0 heterocycles. The zero-order valence-corrected chi connectivity index (χ0v) is 27.4. The highest BCUT2D eigenvalue weighted by molar-refractivity contribution is 8.00. The summed E-state index contributed by atoms with van der Waals surface area (Å²) in [6, 6.07) is 35.3. The Morgan fingerprint density at radius 1 is 0.688 bits per heavy atom. The lowest BCUT2D eigenvalue weighted by atomic mass is 10.1. The second-order valence-electron chi connectivity index (χ2n) is 10.3. The van der Waals surface area contributed by atoms with Gasteiger partial charge >= 0.3 is 5.97 Å². The molecule has 0 saturated carbocycles. The molecule has 0 aliphatic heterocycles. The van der Waals surface area contributed by atoms with Crippen molar-refractivity contribution in [1.82, 2.24) is 5.32 Å². The predicted molar refractivity (Wildman–Crippen MR) is 190 cm³/mol. The minimum atomic E-state index is -1.10. The largest absolute Gasteiger partial charge is 0.478 e. The van der Waals surface area contributed by atoms with Crippen LogP contribution in [0.3, 0.4) is 0 Å². The summed E-state index contributed by atoms with van der Waals surface area (Å²) >= 11 is 13.7. The fourth-order valence-corrected chi connectivity index (χ4v) is 6.08. The van der Waals surface area contributed by atoms with E-state index in [0.29, 0.717) is 37.4 Å². The average molecular weight is 697 g/mol. The lowest BCUT2D eigenvalue weighted by Gasteiger charge is -2.18. The zero-order chi connectivity index (χ0) is 34.0. The molecular weight excluding hydrogens is 669 g/mol. The van der Waals surface area contributed by atoms with Gasteiger partial charge in [-0.3, -0.25) is 14.4 Å². The van der Waals surface area contributed by atoms with Gasteiger partial charge in [-0.05, 0) is 77.9 Å². The Labute approximate surface area is 290 Å². The van der Waals surface area contributed by atoms with E-state index >= 15 is 0 Å². The molecule has 3 amide bonds. The lowest BCUT2D eigenvalue weighted by Crippen LogP contribution is -2.30. The molecule has 8 nitrogen and oxygen atoms in total. The number of nitrogens with one attached hydrogen (secondary N) is 3. The molecule has 0 spiro atoms. The van der Waals surface area contributed by atoms with Crippen molar-refractivity contribution in [2.24, 2.45) is 0 Å². The van der Waals surface area contributed by atoms with Crippen LogP contribution < -0.4 is 16.0 Å². The highest BCUT2D eigenvalue weighted by Crippen LogP contribution is 2.37. The maximum absolute atomic E-state index is 13.6. The van der Waals surface area contributed by atoms with E-state index in [-0.39, 0.29) is 17.2 Å². The van der Waals surface area contributed by atoms with Crippen molar-refractivity contribution in [3.05, 3.63) is 165 Å². The second kappa shape index (κ2) is 16.0. The van der Waals surface area contributed by atoms with E-state index in [9.17, 15) is 24.3 Å². The minimum Gasteiger partial charge on any atom is -0.478 e. The number of carbonyl (C=O) groups excluding carboxylic acids is 3. The molecule has 5 aromatic carbocycles. The summed E-state index contributed by atoms with van der Waals surface area (Å²) in [4.78, 5) is 52.3. The summed E-state index contributed by atoms with van der Waals surface area (Å²) in [5.41, 5.74) is 2.29. The molecule has 0 aliphatic rings. The Morgan fingerprint density at radius 3 is 2.02 bits per heavy atom. The summed E-state index contributed by atoms with van der Waals surface area (Å²) in [7, 11) is 0. The summed E-state index contributed by atoms with van der Waals surface area (Å²) in [6.45, 7) is 0. The van der Waals surface area contributed by atoms with Crippen LogP contribution in [0.15, 0.2) is 138 Å². The third kappa shape index (κ3) is 9.13. The van der Waals surface area contributed by atoms with Crippen molar-refractivity contribution in [2.75, 3.05) is 10.6 Å². The number of carbonyl (C=O) groups is 4. The van der Waals surface area contributed by atoms with Crippen LogP contribution in [-0.4, -0.2) is 28.8 Å².